The number of anilines is 1. The van der Waals surface area contributed by atoms with Gasteiger partial charge in [0.05, 0.1) is 6.61 Å². The van der Waals surface area contributed by atoms with Gasteiger partial charge < -0.3 is 15.7 Å². The summed E-state index contributed by atoms with van der Waals surface area (Å²) in [6.45, 7) is 3.86. The van der Waals surface area contributed by atoms with Gasteiger partial charge in [-0.15, -0.1) is 0 Å². The van der Waals surface area contributed by atoms with Crippen LogP contribution in [-0.2, 0) is 16.2 Å². The molecule has 1 aromatic rings. The smallest absolute Gasteiger partial charge is 0.247 e. The third kappa shape index (κ3) is 3.69. The van der Waals surface area contributed by atoms with Crippen molar-refractivity contribution >= 4 is 17.5 Å². The van der Waals surface area contributed by atoms with E-state index in [1.807, 2.05) is 19.9 Å². The van der Waals surface area contributed by atoms with Crippen LogP contribution in [0.3, 0.4) is 0 Å². The molecule has 0 heterocycles. The lowest BCUT2D eigenvalue weighted by Gasteiger charge is -2.55. The number of hydrogen-bond donors (Lipinski definition) is 3. The number of carbonyl (C=O) groups is 2. The average Bonchev–Trinajstić information content (AvgIpc) is 2.64. The molecule has 4 aliphatic carbocycles. The molecule has 1 atom stereocenters. The van der Waals surface area contributed by atoms with Crippen LogP contribution in [-0.4, -0.2) is 23.0 Å². The van der Waals surface area contributed by atoms with Crippen LogP contribution in [0.25, 0.3) is 0 Å². The molecule has 4 bridgehead atoms. The van der Waals surface area contributed by atoms with Crippen LogP contribution in [0.1, 0.15) is 57.9 Å². The average molecular weight is 385 g/mol. The molecule has 5 rings (SSSR count). The Bertz CT molecular complexity index is 723. The van der Waals surface area contributed by atoms with Crippen LogP contribution >= 0.6 is 0 Å². The number of hydrogen-bond acceptors (Lipinski definition) is 3. The molecule has 2 amide bonds. The Hall–Kier alpha value is -1.88. The number of aliphatic hydroxyl groups excluding tert-OH is 1. The number of benzene rings is 1. The van der Waals surface area contributed by atoms with Crippen LogP contribution in [0.4, 0.5) is 5.69 Å². The number of amides is 2. The molecule has 28 heavy (non-hydrogen) atoms. The van der Waals surface area contributed by atoms with E-state index in [1.54, 1.807) is 18.2 Å². The lowest BCUT2D eigenvalue weighted by Crippen LogP contribution is -2.57. The first-order valence-corrected chi connectivity index (χ1v) is 10.7. The topological polar surface area (TPSA) is 78.4 Å². The highest BCUT2D eigenvalue weighted by molar-refractivity contribution is 5.98. The zero-order valence-corrected chi connectivity index (χ0v) is 16.9. The molecule has 4 aliphatic rings. The molecule has 0 aliphatic heterocycles. The van der Waals surface area contributed by atoms with Gasteiger partial charge in [-0.3, -0.25) is 9.59 Å². The van der Waals surface area contributed by atoms with Crippen LogP contribution in [0.2, 0.25) is 0 Å². The summed E-state index contributed by atoms with van der Waals surface area (Å²) >= 11 is 0. The lowest BCUT2D eigenvalue weighted by molar-refractivity contribution is -0.148. The Balaban J connectivity index is 1.46. The van der Waals surface area contributed by atoms with Gasteiger partial charge in [0, 0.05) is 11.1 Å². The van der Waals surface area contributed by atoms with E-state index in [0.29, 0.717) is 23.4 Å². The Kier molecular flexibility index (Phi) is 5.21. The zero-order valence-electron chi connectivity index (χ0n) is 16.9. The Morgan fingerprint density at radius 1 is 1.11 bits per heavy atom. The van der Waals surface area contributed by atoms with Crippen LogP contribution < -0.4 is 10.6 Å². The minimum atomic E-state index is -0.557. The number of nitrogens with one attached hydrogen (secondary N) is 2. The number of carbonyl (C=O) groups excluding carboxylic acids is 2. The zero-order chi connectivity index (χ0) is 19.9. The third-order valence-electron chi connectivity index (χ3n) is 7.13. The van der Waals surface area contributed by atoms with E-state index in [1.165, 1.54) is 19.3 Å². The monoisotopic (exact) mass is 384 g/mol. The van der Waals surface area contributed by atoms with E-state index in [0.717, 1.165) is 24.8 Å². The summed E-state index contributed by atoms with van der Waals surface area (Å²) in [5.41, 5.74) is 1.14. The number of aliphatic hydroxyl groups is 1. The molecular formula is C23H32N2O3. The van der Waals surface area contributed by atoms with Gasteiger partial charge >= 0.3 is 0 Å². The van der Waals surface area contributed by atoms with Gasteiger partial charge in [-0.25, -0.2) is 0 Å². The van der Waals surface area contributed by atoms with Crippen molar-refractivity contribution in [3.05, 3.63) is 29.8 Å². The maximum Gasteiger partial charge on any atom is 0.247 e. The summed E-state index contributed by atoms with van der Waals surface area (Å²) in [7, 11) is 0. The first-order chi connectivity index (χ1) is 13.4. The van der Waals surface area contributed by atoms with Crippen molar-refractivity contribution in [1.82, 2.24) is 5.32 Å². The van der Waals surface area contributed by atoms with Gasteiger partial charge in [-0.1, -0.05) is 26.0 Å². The second kappa shape index (κ2) is 7.51. The Morgan fingerprint density at radius 3 is 2.25 bits per heavy atom. The Labute approximate surface area is 167 Å². The predicted molar refractivity (Wildman–Crippen MR) is 108 cm³/mol. The van der Waals surface area contributed by atoms with Crippen LogP contribution in [0.15, 0.2) is 24.3 Å². The van der Waals surface area contributed by atoms with E-state index < -0.39 is 6.04 Å². The molecule has 4 fully saturated rings. The van der Waals surface area contributed by atoms with Gasteiger partial charge in [0.15, 0.2) is 0 Å². The van der Waals surface area contributed by atoms with E-state index in [-0.39, 0.29) is 29.8 Å². The minimum Gasteiger partial charge on any atom is -0.392 e. The molecule has 1 aromatic carbocycles. The first kappa shape index (κ1) is 19.4. The second-order valence-electron chi connectivity index (χ2n) is 9.74. The maximum atomic E-state index is 13.3. The van der Waals surface area contributed by atoms with E-state index in [4.69, 9.17) is 0 Å². The highest BCUT2D eigenvalue weighted by atomic mass is 16.3. The SMILES string of the molecule is CC(C)[C@H](NC(=O)C12CC3CC(CC(C3)C1)C2)C(=O)Nc1cccc(CO)c1. The second-order valence-corrected chi connectivity index (χ2v) is 9.74. The summed E-state index contributed by atoms with van der Waals surface area (Å²) < 4.78 is 0. The molecule has 0 aromatic heterocycles. The van der Waals surface area contributed by atoms with Gasteiger partial charge in [0.2, 0.25) is 11.8 Å². The summed E-state index contributed by atoms with van der Waals surface area (Å²) in [6.07, 6.45) is 6.87. The van der Waals surface area contributed by atoms with Crippen LogP contribution in [0.5, 0.6) is 0 Å². The number of rotatable bonds is 6. The van der Waals surface area contributed by atoms with Gasteiger partial charge in [0.1, 0.15) is 6.04 Å². The predicted octanol–water partition coefficient (Wildman–Crippen LogP) is 3.47. The molecule has 5 nitrogen and oxygen atoms in total. The van der Waals surface area contributed by atoms with E-state index in [2.05, 4.69) is 10.6 Å². The minimum absolute atomic E-state index is 0.00103. The summed E-state index contributed by atoms with van der Waals surface area (Å²) in [4.78, 5) is 26.3. The van der Waals surface area contributed by atoms with Crippen LogP contribution in [0, 0.1) is 29.1 Å². The standard InChI is InChI=1S/C23H32N2O3/c1-14(2)20(21(27)24-19-5-3-4-15(9-19)13-26)25-22(28)23-10-16-6-17(11-23)8-18(7-16)12-23/h3-5,9,14,16-18,20,26H,6-8,10-13H2,1-2H3,(H,24,27)(H,25,28)/t16?,17?,18?,20-,23?/m0/s1. The van der Waals surface area contributed by atoms with Gasteiger partial charge in [-0.05, 0) is 79.9 Å². The molecule has 0 radical (unpaired) electrons. The maximum absolute atomic E-state index is 13.3. The lowest BCUT2D eigenvalue weighted by atomic mass is 9.49. The summed E-state index contributed by atoms with van der Waals surface area (Å²) in [5, 5.41) is 15.3. The van der Waals surface area contributed by atoms with Crippen molar-refractivity contribution in [2.75, 3.05) is 5.32 Å². The summed E-state index contributed by atoms with van der Waals surface area (Å²) in [5.74, 6) is 1.99. The van der Waals surface area contributed by atoms with Crippen molar-refractivity contribution in [3.8, 4) is 0 Å². The molecule has 0 saturated heterocycles. The first-order valence-electron chi connectivity index (χ1n) is 10.7. The molecular weight excluding hydrogens is 352 g/mol. The highest BCUT2D eigenvalue weighted by Crippen LogP contribution is 2.60. The van der Waals surface area contributed by atoms with E-state index in [9.17, 15) is 14.7 Å². The molecule has 152 valence electrons. The van der Waals surface area contributed by atoms with Crippen molar-refractivity contribution in [2.24, 2.45) is 29.1 Å². The van der Waals surface area contributed by atoms with Crippen molar-refractivity contribution < 1.29 is 14.7 Å². The van der Waals surface area contributed by atoms with Gasteiger partial charge in [-0.2, -0.15) is 0 Å². The van der Waals surface area contributed by atoms with Crippen molar-refractivity contribution in [2.45, 2.75) is 65.0 Å². The third-order valence-corrected chi connectivity index (χ3v) is 7.13. The summed E-state index contributed by atoms with van der Waals surface area (Å²) in [6, 6.07) is 6.62. The molecule has 3 N–H and O–H groups in total. The molecule has 0 spiro atoms. The fourth-order valence-corrected chi connectivity index (χ4v) is 6.19. The normalized spacial score (nSPS) is 31.6. The molecule has 0 unspecified atom stereocenters. The van der Waals surface area contributed by atoms with Crippen molar-refractivity contribution in [3.63, 3.8) is 0 Å². The molecule has 5 heteroatoms. The van der Waals surface area contributed by atoms with Crippen molar-refractivity contribution in [1.29, 1.82) is 0 Å². The fraction of sp³-hybridized carbons (Fsp3) is 0.652. The quantitative estimate of drug-likeness (QED) is 0.703. The Morgan fingerprint density at radius 2 is 1.71 bits per heavy atom. The van der Waals surface area contributed by atoms with Gasteiger partial charge in [0.25, 0.3) is 0 Å². The molecule has 4 saturated carbocycles. The largest absolute Gasteiger partial charge is 0.392 e. The van der Waals surface area contributed by atoms with E-state index >= 15 is 0 Å². The fourth-order valence-electron chi connectivity index (χ4n) is 6.19. The highest BCUT2D eigenvalue weighted by Gasteiger charge is 2.55.